The number of piperidine rings is 1. The average molecular weight is 377 g/mol. The molecule has 8 heteroatoms. The molecule has 2 rings (SSSR count). The van der Waals surface area contributed by atoms with E-state index < -0.39 is 21.8 Å². The van der Waals surface area contributed by atoms with E-state index in [1.54, 1.807) is 0 Å². The largest absolute Gasteiger partial charge is 0.344 e. The van der Waals surface area contributed by atoms with Crippen LogP contribution in [0.25, 0.3) is 0 Å². The summed E-state index contributed by atoms with van der Waals surface area (Å²) in [6, 6.07) is 5.71. The fourth-order valence-electron chi connectivity index (χ4n) is 2.63. The third-order valence-corrected chi connectivity index (χ3v) is 6.21. The summed E-state index contributed by atoms with van der Waals surface area (Å²) in [7, 11) is -3.55. The van der Waals surface area contributed by atoms with Crippen LogP contribution in [0.3, 0.4) is 0 Å². The Morgan fingerprint density at radius 2 is 1.81 bits per heavy atom. The van der Waals surface area contributed by atoms with Gasteiger partial charge in [-0.1, -0.05) is 12.8 Å². The minimum Gasteiger partial charge on any atom is -0.344 e. The van der Waals surface area contributed by atoms with E-state index in [1.807, 2.05) is 0 Å². The predicted molar refractivity (Wildman–Crippen MR) is 97.8 cm³/mol. The molecule has 0 aliphatic carbocycles. The van der Waals surface area contributed by atoms with Gasteiger partial charge in [0.2, 0.25) is 15.9 Å². The van der Waals surface area contributed by atoms with Crippen molar-refractivity contribution in [3.8, 4) is 12.3 Å². The molecular formula is C18H23N3O4S. The predicted octanol–water partition coefficient (Wildman–Crippen LogP) is 0.586. The maximum atomic E-state index is 12.6. The monoisotopic (exact) mass is 377 g/mol. The van der Waals surface area contributed by atoms with Gasteiger partial charge in [-0.2, -0.15) is 4.31 Å². The van der Waals surface area contributed by atoms with Crippen LogP contribution in [0.15, 0.2) is 29.2 Å². The van der Waals surface area contributed by atoms with E-state index in [0.29, 0.717) is 19.0 Å². The normalized spacial score (nSPS) is 15.8. The summed E-state index contributed by atoms with van der Waals surface area (Å²) in [5.74, 6) is 1.94. The van der Waals surface area contributed by atoms with E-state index in [2.05, 4.69) is 23.5 Å². The number of rotatable bonds is 6. The van der Waals surface area contributed by atoms with Gasteiger partial charge < -0.3 is 10.6 Å². The molecule has 0 unspecified atom stereocenters. The standard InChI is InChI=1S/C18H23N3O4S/c1-3-10-19-17(22)13-20-18(23)15-4-6-16(7-5-15)26(24,25)21-11-8-14(2)9-12-21/h1,4-7,14H,8-13H2,2H3,(H,19,22)(H,20,23). The van der Waals surface area contributed by atoms with Gasteiger partial charge in [0, 0.05) is 18.7 Å². The van der Waals surface area contributed by atoms with Crippen molar-refractivity contribution in [3.63, 3.8) is 0 Å². The minimum absolute atomic E-state index is 0.0938. The number of carbonyl (C=O) groups is 2. The van der Waals surface area contributed by atoms with Crippen molar-refractivity contribution in [1.29, 1.82) is 0 Å². The number of nitrogens with one attached hydrogen (secondary N) is 2. The second-order valence-corrected chi connectivity index (χ2v) is 8.21. The molecule has 1 aliphatic rings. The van der Waals surface area contributed by atoms with E-state index in [0.717, 1.165) is 12.8 Å². The molecule has 26 heavy (non-hydrogen) atoms. The molecule has 1 saturated heterocycles. The molecule has 0 saturated carbocycles. The highest BCUT2D eigenvalue weighted by Gasteiger charge is 2.28. The van der Waals surface area contributed by atoms with Crippen LogP contribution in [-0.4, -0.2) is 50.7 Å². The molecule has 1 fully saturated rings. The van der Waals surface area contributed by atoms with Gasteiger partial charge in [0.05, 0.1) is 18.0 Å². The van der Waals surface area contributed by atoms with Crippen LogP contribution in [0, 0.1) is 18.3 Å². The summed E-state index contributed by atoms with van der Waals surface area (Å²) in [6.07, 6.45) is 6.73. The Hall–Kier alpha value is -2.37. The van der Waals surface area contributed by atoms with Gasteiger partial charge in [-0.15, -0.1) is 6.42 Å². The number of nitrogens with zero attached hydrogens (tertiary/aromatic N) is 1. The zero-order valence-corrected chi connectivity index (χ0v) is 15.5. The zero-order valence-electron chi connectivity index (χ0n) is 14.7. The first-order chi connectivity index (χ1) is 12.3. The summed E-state index contributed by atoms with van der Waals surface area (Å²) in [5, 5.41) is 4.89. The van der Waals surface area contributed by atoms with Crippen LogP contribution in [0.4, 0.5) is 0 Å². The van der Waals surface area contributed by atoms with Crippen LogP contribution < -0.4 is 10.6 Å². The number of sulfonamides is 1. The summed E-state index contributed by atoms with van der Waals surface area (Å²) < 4.78 is 26.8. The van der Waals surface area contributed by atoms with Crippen molar-refractivity contribution >= 4 is 21.8 Å². The lowest BCUT2D eigenvalue weighted by molar-refractivity contribution is -0.119. The van der Waals surface area contributed by atoms with Crippen molar-refractivity contribution in [2.24, 2.45) is 5.92 Å². The molecule has 1 aliphatic heterocycles. The fourth-order valence-corrected chi connectivity index (χ4v) is 4.10. The Balaban J connectivity index is 1.98. The number of benzene rings is 1. The van der Waals surface area contributed by atoms with Gasteiger partial charge in [-0.25, -0.2) is 8.42 Å². The Labute approximate surface area is 154 Å². The highest BCUT2D eigenvalue weighted by atomic mass is 32.2. The molecule has 1 heterocycles. The van der Waals surface area contributed by atoms with E-state index in [-0.39, 0.29) is 23.5 Å². The minimum atomic E-state index is -3.55. The maximum Gasteiger partial charge on any atom is 0.251 e. The second-order valence-electron chi connectivity index (χ2n) is 6.27. The summed E-state index contributed by atoms with van der Waals surface area (Å²) in [5.41, 5.74) is 0.279. The number of terminal acetylenes is 1. The summed E-state index contributed by atoms with van der Waals surface area (Å²) in [4.78, 5) is 23.6. The molecule has 0 spiro atoms. The summed E-state index contributed by atoms with van der Waals surface area (Å²) >= 11 is 0. The molecule has 7 nitrogen and oxygen atoms in total. The van der Waals surface area contributed by atoms with Crippen molar-refractivity contribution in [1.82, 2.24) is 14.9 Å². The third kappa shape index (κ3) is 5.07. The molecule has 2 N–H and O–H groups in total. The molecule has 0 atom stereocenters. The van der Waals surface area contributed by atoms with E-state index in [4.69, 9.17) is 6.42 Å². The first-order valence-electron chi connectivity index (χ1n) is 8.43. The highest BCUT2D eigenvalue weighted by Crippen LogP contribution is 2.23. The molecule has 0 radical (unpaired) electrons. The molecule has 140 valence electrons. The van der Waals surface area contributed by atoms with Crippen molar-refractivity contribution in [3.05, 3.63) is 29.8 Å². The quantitative estimate of drug-likeness (QED) is 0.709. The summed E-state index contributed by atoms with van der Waals surface area (Å²) in [6.45, 7) is 3.03. The van der Waals surface area contributed by atoms with Crippen molar-refractivity contribution < 1.29 is 18.0 Å². The Morgan fingerprint density at radius 3 is 2.38 bits per heavy atom. The van der Waals surface area contributed by atoms with Crippen LogP contribution in [0.2, 0.25) is 0 Å². The first-order valence-corrected chi connectivity index (χ1v) is 9.87. The first kappa shape index (κ1) is 19.9. The lowest BCUT2D eigenvalue weighted by atomic mass is 10.0. The molecular weight excluding hydrogens is 354 g/mol. The second kappa shape index (κ2) is 8.83. The molecule has 0 aromatic heterocycles. The molecule has 1 aromatic rings. The molecule has 2 amide bonds. The van der Waals surface area contributed by atoms with Gasteiger partial charge in [-0.05, 0) is 43.0 Å². The Kier molecular flexibility index (Phi) is 6.77. The van der Waals surface area contributed by atoms with Crippen LogP contribution in [0.1, 0.15) is 30.1 Å². The smallest absolute Gasteiger partial charge is 0.251 e. The van der Waals surface area contributed by atoms with Crippen LogP contribution >= 0.6 is 0 Å². The SMILES string of the molecule is C#CCNC(=O)CNC(=O)c1ccc(S(=O)(=O)N2CCC(C)CC2)cc1. The Morgan fingerprint density at radius 1 is 1.19 bits per heavy atom. The fraction of sp³-hybridized carbons (Fsp3) is 0.444. The third-order valence-electron chi connectivity index (χ3n) is 4.29. The highest BCUT2D eigenvalue weighted by molar-refractivity contribution is 7.89. The number of carbonyl (C=O) groups excluding carboxylic acids is 2. The van der Waals surface area contributed by atoms with E-state index in [1.165, 1.54) is 28.6 Å². The lowest BCUT2D eigenvalue weighted by Crippen LogP contribution is -2.38. The van der Waals surface area contributed by atoms with Gasteiger partial charge in [-0.3, -0.25) is 9.59 Å². The van der Waals surface area contributed by atoms with Crippen molar-refractivity contribution in [2.45, 2.75) is 24.7 Å². The topological polar surface area (TPSA) is 95.6 Å². The van der Waals surface area contributed by atoms with Gasteiger partial charge in [0.1, 0.15) is 0 Å². The van der Waals surface area contributed by atoms with Crippen molar-refractivity contribution in [2.75, 3.05) is 26.2 Å². The Bertz CT molecular complexity index is 789. The molecule has 1 aromatic carbocycles. The number of hydrogen-bond donors (Lipinski definition) is 2. The zero-order chi connectivity index (χ0) is 19.2. The molecule has 0 bridgehead atoms. The lowest BCUT2D eigenvalue weighted by Gasteiger charge is -2.29. The maximum absolute atomic E-state index is 12.6. The van der Waals surface area contributed by atoms with Gasteiger partial charge >= 0.3 is 0 Å². The van der Waals surface area contributed by atoms with Crippen LogP contribution in [0.5, 0.6) is 0 Å². The number of hydrogen-bond acceptors (Lipinski definition) is 4. The van der Waals surface area contributed by atoms with E-state index >= 15 is 0 Å². The van der Waals surface area contributed by atoms with Crippen LogP contribution in [-0.2, 0) is 14.8 Å². The number of amides is 2. The van der Waals surface area contributed by atoms with E-state index in [9.17, 15) is 18.0 Å². The average Bonchev–Trinajstić information content (AvgIpc) is 2.64. The van der Waals surface area contributed by atoms with Gasteiger partial charge in [0.15, 0.2) is 0 Å². The van der Waals surface area contributed by atoms with Gasteiger partial charge in [0.25, 0.3) is 5.91 Å².